The lowest BCUT2D eigenvalue weighted by Gasteiger charge is -2.29. The second-order valence-electron chi connectivity index (χ2n) is 3.90. The van der Waals surface area contributed by atoms with Gasteiger partial charge in [-0.3, -0.25) is 0 Å². The number of nitrogens with one attached hydrogen (secondary N) is 1. The van der Waals surface area contributed by atoms with Gasteiger partial charge >= 0.3 is 5.97 Å². The third-order valence-electron chi connectivity index (χ3n) is 2.75. The number of ether oxygens (including phenoxy) is 2. The van der Waals surface area contributed by atoms with E-state index in [9.17, 15) is 9.90 Å². The second kappa shape index (κ2) is 5.16. The molecule has 1 heterocycles. The van der Waals surface area contributed by atoms with Crippen molar-refractivity contribution < 1.29 is 19.4 Å². The topological polar surface area (TPSA) is 67.8 Å². The summed E-state index contributed by atoms with van der Waals surface area (Å²) in [5.74, 6) is -0.147. The van der Waals surface area contributed by atoms with Gasteiger partial charge in [0.15, 0.2) is 6.10 Å². The minimum Gasteiger partial charge on any atom is -0.508 e. The number of carbonyl (C=O) groups is 1. The van der Waals surface area contributed by atoms with Crippen LogP contribution in [0.25, 0.3) is 0 Å². The van der Waals surface area contributed by atoms with E-state index in [4.69, 9.17) is 4.74 Å². The molecule has 0 aliphatic carbocycles. The van der Waals surface area contributed by atoms with Crippen LogP contribution in [0, 0.1) is 0 Å². The molecule has 1 aromatic rings. The molecule has 0 aromatic heterocycles. The summed E-state index contributed by atoms with van der Waals surface area (Å²) in [7, 11) is 1.34. The highest BCUT2D eigenvalue weighted by molar-refractivity contribution is 5.74. The lowest BCUT2D eigenvalue weighted by Crippen LogP contribution is -2.45. The number of morpholine rings is 1. The van der Waals surface area contributed by atoms with Crippen molar-refractivity contribution in [2.75, 3.05) is 20.3 Å². The van der Waals surface area contributed by atoms with Crippen LogP contribution in [-0.4, -0.2) is 37.4 Å². The molecule has 5 nitrogen and oxygen atoms in total. The van der Waals surface area contributed by atoms with Crippen molar-refractivity contribution in [3.05, 3.63) is 29.8 Å². The number of phenols is 1. The maximum absolute atomic E-state index is 11.2. The Labute approximate surface area is 99.3 Å². The predicted octanol–water partition coefficient (Wildman–Crippen LogP) is 0.595. The molecule has 0 spiro atoms. The van der Waals surface area contributed by atoms with Crippen molar-refractivity contribution in [2.24, 2.45) is 0 Å². The Hall–Kier alpha value is -1.59. The summed E-state index contributed by atoms with van der Waals surface area (Å²) >= 11 is 0. The number of phenolic OH excluding ortho intramolecular Hbond substituents is 1. The van der Waals surface area contributed by atoms with Gasteiger partial charge in [-0.05, 0) is 17.7 Å². The maximum atomic E-state index is 11.2. The molecule has 1 aliphatic heterocycles. The van der Waals surface area contributed by atoms with E-state index in [0.717, 1.165) is 5.56 Å². The molecule has 1 aromatic carbocycles. The van der Waals surface area contributed by atoms with E-state index in [-0.39, 0.29) is 17.8 Å². The van der Waals surface area contributed by atoms with Crippen LogP contribution in [0.5, 0.6) is 5.75 Å². The summed E-state index contributed by atoms with van der Waals surface area (Å²) in [4.78, 5) is 11.2. The molecule has 2 unspecified atom stereocenters. The fraction of sp³-hybridized carbons (Fsp3) is 0.417. The zero-order valence-electron chi connectivity index (χ0n) is 9.55. The summed E-state index contributed by atoms with van der Waals surface area (Å²) < 4.78 is 10.0. The van der Waals surface area contributed by atoms with Crippen molar-refractivity contribution in [2.45, 2.75) is 12.1 Å². The summed E-state index contributed by atoms with van der Waals surface area (Å²) in [6, 6.07) is 6.96. The Morgan fingerprint density at radius 2 is 2.41 bits per heavy atom. The Kier molecular flexibility index (Phi) is 3.61. The zero-order valence-corrected chi connectivity index (χ0v) is 9.55. The number of hydrogen-bond donors (Lipinski definition) is 2. The number of aromatic hydroxyl groups is 1. The lowest BCUT2D eigenvalue weighted by molar-refractivity contribution is -0.156. The van der Waals surface area contributed by atoms with E-state index in [1.165, 1.54) is 7.11 Å². The van der Waals surface area contributed by atoms with E-state index in [1.54, 1.807) is 18.2 Å². The molecule has 1 fully saturated rings. The molecule has 2 N–H and O–H groups in total. The zero-order chi connectivity index (χ0) is 12.3. The van der Waals surface area contributed by atoms with Gasteiger partial charge in [0.1, 0.15) is 5.75 Å². The van der Waals surface area contributed by atoms with Crippen molar-refractivity contribution in [1.82, 2.24) is 5.32 Å². The molecule has 1 saturated heterocycles. The van der Waals surface area contributed by atoms with Gasteiger partial charge in [0.2, 0.25) is 0 Å². The Balaban J connectivity index is 1.97. The Morgan fingerprint density at radius 1 is 1.59 bits per heavy atom. The quantitative estimate of drug-likeness (QED) is 0.737. The highest BCUT2D eigenvalue weighted by Gasteiger charge is 2.27. The van der Waals surface area contributed by atoms with Crippen LogP contribution in [0.1, 0.15) is 11.6 Å². The monoisotopic (exact) mass is 237 g/mol. The predicted molar refractivity (Wildman–Crippen MR) is 60.6 cm³/mol. The van der Waals surface area contributed by atoms with Gasteiger partial charge in [-0.25, -0.2) is 4.79 Å². The molecule has 0 amide bonds. The van der Waals surface area contributed by atoms with Crippen molar-refractivity contribution >= 4 is 5.97 Å². The fourth-order valence-corrected chi connectivity index (χ4v) is 1.82. The molecule has 5 heteroatoms. The number of benzene rings is 1. The van der Waals surface area contributed by atoms with Gasteiger partial charge in [0.05, 0.1) is 19.8 Å². The first kappa shape index (κ1) is 11.9. The number of carbonyl (C=O) groups excluding carboxylic acids is 1. The van der Waals surface area contributed by atoms with Crippen molar-refractivity contribution in [1.29, 1.82) is 0 Å². The normalized spacial score (nSPS) is 24.3. The Bertz CT molecular complexity index is 399. The fourth-order valence-electron chi connectivity index (χ4n) is 1.82. The van der Waals surface area contributed by atoms with Crippen LogP contribution < -0.4 is 5.32 Å². The van der Waals surface area contributed by atoms with E-state index in [2.05, 4.69) is 10.1 Å². The number of hydrogen-bond acceptors (Lipinski definition) is 5. The summed E-state index contributed by atoms with van der Waals surface area (Å²) in [6.07, 6.45) is -0.548. The molecule has 17 heavy (non-hydrogen) atoms. The van der Waals surface area contributed by atoms with Crippen LogP contribution in [0.2, 0.25) is 0 Å². The number of methoxy groups -OCH3 is 1. The third-order valence-corrected chi connectivity index (χ3v) is 2.75. The average molecular weight is 237 g/mol. The first-order valence-corrected chi connectivity index (χ1v) is 5.42. The van der Waals surface area contributed by atoms with Gasteiger partial charge in [0, 0.05) is 6.54 Å². The number of esters is 1. The molecule has 2 atom stereocenters. The van der Waals surface area contributed by atoms with E-state index in [0.29, 0.717) is 13.2 Å². The van der Waals surface area contributed by atoms with Gasteiger partial charge in [-0.15, -0.1) is 0 Å². The summed E-state index contributed by atoms with van der Waals surface area (Å²) in [5, 5.41) is 12.6. The van der Waals surface area contributed by atoms with Gasteiger partial charge < -0.3 is 19.9 Å². The molecular formula is C12H15NO4. The van der Waals surface area contributed by atoms with E-state index in [1.807, 2.05) is 6.07 Å². The standard InChI is InChI=1S/C12H15NO4/c1-16-12(15)11-6-13-10(7-17-11)8-3-2-4-9(14)5-8/h2-5,10-11,13-14H,6-7H2,1H3. The summed E-state index contributed by atoms with van der Waals surface area (Å²) in [5.41, 5.74) is 0.938. The van der Waals surface area contributed by atoms with Gasteiger partial charge in [0.25, 0.3) is 0 Å². The van der Waals surface area contributed by atoms with Crippen LogP contribution in [0.4, 0.5) is 0 Å². The molecular weight excluding hydrogens is 222 g/mol. The first-order chi connectivity index (χ1) is 8.20. The van der Waals surface area contributed by atoms with Crippen LogP contribution in [0.3, 0.4) is 0 Å². The molecule has 0 saturated carbocycles. The smallest absolute Gasteiger partial charge is 0.336 e. The average Bonchev–Trinajstić information content (AvgIpc) is 2.38. The van der Waals surface area contributed by atoms with Crippen LogP contribution in [-0.2, 0) is 14.3 Å². The van der Waals surface area contributed by atoms with Gasteiger partial charge in [-0.1, -0.05) is 12.1 Å². The molecule has 2 rings (SSSR count). The SMILES string of the molecule is COC(=O)C1CNC(c2cccc(O)c2)CO1. The highest BCUT2D eigenvalue weighted by Crippen LogP contribution is 2.21. The third kappa shape index (κ3) is 2.75. The molecule has 0 bridgehead atoms. The lowest BCUT2D eigenvalue weighted by atomic mass is 10.1. The second-order valence-corrected chi connectivity index (χ2v) is 3.90. The van der Waals surface area contributed by atoms with E-state index < -0.39 is 6.10 Å². The largest absolute Gasteiger partial charge is 0.508 e. The molecule has 1 aliphatic rings. The van der Waals surface area contributed by atoms with Crippen molar-refractivity contribution in [3.63, 3.8) is 0 Å². The maximum Gasteiger partial charge on any atom is 0.336 e. The summed E-state index contributed by atoms with van der Waals surface area (Å²) in [6.45, 7) is 0.788. The minimum atomic E-state index is -0.548. The number of rotatable bonds is 2. The minimum absolute atomic E-state index is 0.0111. The van der Waals surface area contributed by atoms with E-state index >= 15 is 0 Å². The molecule has 0 radical (unpaired) electrons. The molecule has 92 valence electrons. The highest BCUT2D eigenvalue weighted by atomic mass is 16.6. The van der Waals surface area contributed by atoms with Gasteiger partial charge in [-0.2, -0.15) is 0 Å². The Morgan fingerprint density at radius 3 is 3.00 bits per heavy atom. The van der Waals surface area contributed by atoms with Crippen LogP contribution >= 0.6 is 0 Å². The van der Waals surface area contributed by atoms with Crippen LogP contribution in [0.15, 0.2) is 24.3 Å². The first-order valence-electron chi connectivity index (χ1n) is 5.42. The van der Waals surface area contributed by atoms with Crippen molar-refractivity contribution in [3.8, 4) is 5.75 Å².